The van der Waals surface area contributed by atoms with Crippen molar-refractivity contribution >= 4 is 29.6 Å². The van der Waals surface area contributed by atoms with Crippen LogP contribution in [-0.2, 0) is 9.59 Å². The fraction of sp³-hybridized carbons (Fsp3) is 0.0909. The highest BCUT2D eigenvalue weighted by Crippen LogP contribution is 2.11. The van der Waals surface area contributed by atoms with Crippen LogP contribution in [0.4, 0.5) is 0 Å². The van der Waals surface area contributed by atoms with E-state index in [0.29, 0.717) is 5.02 Å². The highest BCUT2D eigenvalue weighted by atomic mass is 35.5. The number of benzene rings is 1. The Labute approximate surface area is 97.5 Å². The summed E-state index contributed by atoms with van der Waals surface area (Å²) in [5.41, 5.74) is 0.776. The minimum absolute atomic E-state index is 0.390. The predicted octanol–water partition coefficient (Wildman–Crippen LogP) is 1.55. The number of carboxylic acids is 1. The second kappa shape index (κ2) is 5.92. The maximum absolute atomic E-state index is 11.1. The number of rotatable bonds is 4. The molecule has 0 radical (unpaired) electrons. The van der Waals surface area contributed by atoms with Crippen LogP contribution in [0, 0.1) is 0 Å². The minimum atomic E-state index is -1.08. The molecular formula is C11H10ClNO3. The largest absolute Gasteiger partial charge is 0.480 e. The van der Waals surface area contributed by atoms with Crippen LogP contribution in [0.5, 0.6) is 0 Å². The van der Waals surface area contributed by atoms with Crippen LogP contribution < -0.4 is 5.32 Å². The van der Waals surface area contributed by atoms with Crippen molar-refractivity contribution in [3.05, 3.63) is 40.9 Å². The average molecular weight is 240 g/mol. The van der Waals surface area contributed by atoms with Crippen molar-refractivity contribution in [2.75, 3.05) is 6.54 Å². The first-order valence-electron chi connectivity index (χ1n) is 4.51. The van der Waals surface area contributed by atoms with Gasteiger partial charge < -0.3 is 10.4 Å². The minimum Gasteiger partial charge on any atom is -0.480 e. The quantitative estimate of drug-likeness (QED) is 0.784. The number of carbonyl (C=O) groups excluding carboxylic acids is 1. The van der Waals surface area contributed by atoms with Crippen molar-refractivity contribution in [3.8, 4) is 0 Å². The Hall–Kier alpha value is -1.81. The van der Waals surface area contributed by atoms with E-state index in [-0.39, 0.29) is 0 Å². The van der Waals surface area contributed by atoms with Gasteiger partial charge >= 0.3 is 5.97 Å². The average Bonchev–Trinajstić information content (AvgIpc) is 2.23. The molecule has 5 heteroatoms. The molecule has 16 heavy (non-hydrogen) atoms. The van der Waals surface area contributed by atoms with Crippen LogP contribution in [-0.4, -0.2) is 23.5 Å². The summed E-state index contributed by atoms with van der Waals surface area (Å²) in [5.74, 6) is -1.54. The van der Waals surface area contributed by atoms with Gasteiger partial charge in [0.2, 0.25) is 5.91 Å². The summed E-state index contributed by atoms with van der Waals surface area (Å²) in [6, 6.07) is 6.97. The van der Waals surface area contributed by atoms with E-state index in [1.807, 2.05) is 0 Å². The lowest BCUT2D eigenvalue weighted by Crippen LogP contribution is -2.27. The maximum atomic E-state index is 11.1. The fourth-order valence-corrected chi connectivity index (χ4v) is 1.20. The second-order valence-electron chi connectivity index (χ2n) is 3.00. The lowest BCUT2D eigenvalue weighted by atomic mass is 10.2. The van der Waals surface area contributed by atoms with E-state index in [4.69, 9.17) is 16.7 Å². The molecule has 1 rings (SSSR count). The summed E-state index contributed by atoms with van der Waals surface area (Å²) in [6.07, 6.45) is 2.82. The second-order valence-corrected chi connectivity index (χ2v) is 3.44. The molecule has 0 aliphatic heterocycles. The Kier molecular flexibility index (Phi) is 4.54. The van der Waals surface area contributed by atoms with Crippen molar-refractivity contribution in [1.82, 2.24) is 5.32 Å². The maximum Gasteiger partial charge on any atom is 0.322 e. The first-order valence-corrected chi connectivity index (χ1v) is 4.89. The number of aliphatic carboxylic acids is 1. The number of carbonyl (C=O) groups is 2. The molecule has 0 bridgehead atoms. The van der Waals surface area contributed by atoms with Crippen LogP contribution in [0.15, 0.2) is 30.3 Å². The molecule has 0 saturated heterocycles. The van der Waals surface area contributed by atoms with E-state index in [0.717, 1.165) is 5.56 Å². The molecule has 0 fully saturated rings. The number of hydrogen-bond acceptors (Lipinski definition) is 2. The Morgan fingerprint density at radius 3 is 2.81 bits per heavy atom. The topological polar surface area (TPSA) is 66.4 Å². The van der Waals surface area contributed by atoms with E-state index in [1.165, 1.54) is 6.08 Å². The molecule has 0 aliphatic carbocycles. The van der Waals surface area contributed by atoms with Crippen LogP contribution in [0.2, 0.25) is 5.02 Å². The first kappa shape index (κ1) is 12.3. The Bertz CT molecular complexity index is 429. The van der Waals surface area contributed by atoms with Crippen LogP contribution >= 0.6 is 11.6 Å². The van der Waals surface area contributed by atoms with Gasteiger partial charge in [0.15, 0.2) is 0 Å². The summed E-state index contributed by atoms with van der Waals surface area (Å²) in [7, 11) is 0. The molecule has 0 aliphatic rings. The molecule has 0 aromatic heterocycles. The van der Waals surface area contributed by atoms with E-state index in [1.54, 1.807) is 30.3 Å². The van der Waals surface area contributed by atoms with E-state index >= 15 is 0 Å². The molecule has 0 saturated carbocycles. The summed E-state index contributed by atoms with van der Waals surface area (Å²) in [5, 5.41) is 11.1. The molecule has 1 aromatic carbocycles. The van der Waals surface area contributed by atoms with Gasteiger partial charge in [-0.3, -0.25) is 9.59 Å². The van der Waals surface area contributed by atoms with Crippen LogP contribution in [0.3, 0.4) is 0 Å². The molecule has 0 heterocycles. The van der Waals surface area contributed by atoms with Gasteiger partial charge in [-0.25, -0.2) is 0 Å². The van der Waals surface area contributed by atoms with Crippen molar-refractivity contribution in [1.29, 1.82) is 0 Å². The standard InChI is InChI=1S/C11H10ClNO3/c12-9-3-1-2-8(6-9)4-5-10(14)13-7-11(15)16/h1-6H,7H2,(H,13,14)(H,15,16). The zero-order valence-corrected chi connectivity index (χ0v) is 9.07. The summed E-state index contributed by atoms with van der Waals surface area (Å²) >= 11 is 5.75. The zero-order chi connectivity index (χ0) is 12.0. The van der Waals surface area contributed by atoms with Crippen molar-refractivity contribution < 1.29 is 14.7 Å². The molecule has 1 amide bonds. The van der Waals surface area contributed by atoms with E-state index in [2.05, 4.69) is 5.32 Å². The molecule has 1 aromatic rings. The Balaban J connectivity index is 2.53. The third kappa shape index (κ3) is 4.61. The molecule has 4 nitrogen and oxygen atoms in total. The van der Waals surface area contributed by atoms with Gasteiger partial charge in [0, 0.05) is 11.1 Å². The van der Waals surface area contributed by atoms with Crippen LogP contribution in [0.25, 0.3) is 6.08 Å². The third-order valence-corrected chi connectivity index (χ3v) is 1.92. The number of nitrogens with one attached hydrogen (secondary N) is 1. The van der Waals surface area contributed by atoms with Gasteiger partial charge in [-0.05, 0) is 23.8 Å². The highest BCUT2D eigenvalue weighted by Gasteiger charge is 1.99. The molecule has 84 valence electrons. The number of hydrogen-bond donors (Lipinski definition) is 2. The lowest BCUT2D eigenvalue weighted by Gasteiger charge is -1.97. The third-order valence-electron chi connectivity index (χ3n) is 1.69. The summed E-state index contributed by atoms with van der Waals surface area (Å²) in [6.45, 7) is -0.390. The van der Waals surface area contributed by atoms with Crippen LogP contribution in [0.1, 0.15) is 5.56 Å². The smallest absolute Gasteiger partial charge is 0.322 e. The van der Waals surface area contributed by atoms with E-state index < -0.39 is 18.4 Å². The molecule has 0 atom stereocenters. The monoisotopic (exact) mass is 239 g/mol. The highest BCUT2D eigenvalue weighted by molar-refractivity contribution is 6.30. The molecule has 0 spiro atoms. The van der Waals surface area contributed by atoms with Gasteiger partial charge in [0.1, 0.15) is 6.54 Å². The number of amides is 1. The SMILES string of the molecule is O=C(O)CNC(=O)C=Cc1cccc(Cl)c1. The van der Waals surface area contributed by atoms with Crippen molar-refractivity contribution in [2.45, 2.75) is 0 Å². The summed E-state index contributed by atoms with van der Waals surface area (Å²) in [4.78, 5) is 21.3. The molecular weight excluding hydrogens is 230 g/mol. The Morgan fingerprint density at radius 1 is 1.44 bits per heavy atom. The normalized spacial score (nSPS) is 10.3. The predicted molar refractivity (Wildman–Crippen MR) is 61.1 cm³/mol. The fourth-order valence-electron chi connectivity index (χ4n) is 1.00. The van der Waals surface area contributed by atoms with Crippen molar-refractivity contribution in [2.24, 2.45) is 0 Å². The lowest BCUT2D eigenvalue weighted by molar-refractivity contribution is -0.137. The van der Waals surface area contributed by atoms with Gasteiger partial charge in [-0.1, -0.05) is 23.7 Å². The number of halogens is 1. The van der Waals surface area contributed by atoms with E-state index in [9.17, 15) is 9.59 Å². The van der Waals surface area contributed by atoms with Crippen molar-refractivity contribution in [3.63, 3.8) is 0 Å². The molecule has 2 N–H and O–H groups in total. The first-order chi connectivity index (χ1) is 7.58. The summed E-state index contributed by atoms with van der Waals surface area (Å²) < 4.78 is 0. The Morgan fingerprint density at radius 2 is 2.19 bits per heavy atom. The number of carboxylic acid groups (broad SMARTS) is 1. The van der Waals surface area contributed by atoms with Gasteiger partial charge in [-0.2, -0.15) is 0 Å². The van der Waals surface area contributed by atoms with Gasteiger partial charge in [0.05, 0.1) is 0 Å². The zero-order valence-electron chi connectivity index (χ0n) is 8.31. The van der Waals surface area contributed by atoms with Gasteiger partial charge in [0.25, 0.3) is 0 Å². The van der Waals surface area contributed by atoms with Gasteiger partial charge in [-0.15, -0.1) is 0 Å². The molecule has 0 unspecified atom stereocenters.